The standard InChI is InChI=1S/C29H24F3N5O2/c1-3-25-35-26-23(29(30,31)32)12-16(2)33-27(26)37(25)15-17-8-11-21-19(13-17)10-9-18-6-4-5-7-20(18)22(21)14-24-34-28(38)39-36-24/h4-8,11-14H,3,9-10,15H2,1-2H3,(H,34,36,38)/b22-14-. The number of pyridine rings is 1. The van der Waals surface area contributed by atoms with Crippen molar-refractivity contribution in [3.05, 3.63) is 110 Å². The third-order valence-corrected chi connectivity index (χ3v) is 7.04. The first-order valence-corrected chi connectivity index (χ1v) is 12.6. The number of benzene rings is 2. The van der Waals surface area contributed by atoms with Crippen molar-refractivity contribution in [2.75, 3.05) is 0 Å². The average molecular weight is 532 g/mol. The van der Waals surface area contributed by atoms with Crippen molar-refractivity contribution in [1.29, 1.82) is 0 Å². The SMILES string of the molecule is CCc1nc2c(C(F)(F)F)cc(C)nc2n1Cc1ccc2c(c1)CCc1ccccc1/C2=C/c1noc(=O)[nH]1. The molecular weight excluding hydrogens is 507 g/mol. The van der Waals surface area contributed by atoms with Crippen LogP contribution in [0.2, 0.25) is 0 Å². The molecule has 6 rings (SSSR count). The van der Waals surface area contributed by atoms with Crippen molar-refractivity contribution in [1.82, 2.24) is 24.7 Å². The quantitative estimate of drug-likeness (QED) is 0.320. The monoisotopic (exact) mass is 531 g/mol. The van der Waals surface area contributed by atoms with Crippen LogP contribution in [0.1, 0.15) is 57.6 Å². The largest absolute Gasteiger partial charge is 0.439 e. The minimum Gasteiger partial charge on any atom is -0.308 e. The van der Waals surface area contributed by atoms with Gasteiger partial charge in [0, 0.05) is 12.1 Å². The molecule has 198 valence electrons. The third-order valence-electron chi connectivity index (χ3n) is 7.04. The van der Waals surface area contributed by atoms with Gasteiger partial charge in [0.15, 0.2) is 11.5 Å². The number of rotatable bonds is 4. The maximum absolute atomic E-state index is 13.8. The van der Waals surface area contributed by atoms with Crippen LogP contribution in [0.5, 0.6) is 0 Å². The Kier molecular flexibility index (Phi) is 5.97. The molecule has 1 N–H and O–H groups in total. The second-order valence-electron chi connectivity index (χ2n) is 9.64. The summed E-state index contributed by atoms with van der Waals surface area (Å²) >= 11 is 0. The molecule has 0 saturated heterocycles. The first kappa shape index (κ1) is 24.8. The van der Waals surface area contributed by atoms with Crippen LogP contribution in [0, 0.1) is 6.92 Å². The number of halogens is 3. The maximum atomic E-state index is 13.8. The molecule has 3 aromatic heterocycles. The van der Waals surface area contributed by atoms with Gasteiger partial charge in [0.25, 0.3) is 0 Å². The van der Waals surface area contributed by atoms with E-state index in [0.29, 0.717) is 30.3 Å². The first-order chi connectivity index (χ1) is 18.7. The Morgan fingerprint density at radius 2 is 1.82 bits per heavy atom. The molecule has 0 bridgehead atoms. The molecule has 0 atom stereocenters. The van der Waals surface area contributed by atoms with E-state index < -0.39 is 17.5 Å². The van der Waals surface area contributed by atoms with E-state index in [4.69, 9.17) is 4.52 Å². The number of aryl methyl sites for hydroxylation is 4. The van der Waals surface area contributed by atoms with Crippen molar-refractivity contribution in [2.24, 2.45) is 0 Å². The van der Waals surface area contributed by atoms with Crippen LogP contribution in [-0.4, -0.2) is 24.7 Å². The van der Waals surface area contributed by atoms with Gasteiger partial charge >= 0.3 is 11.9 Å². The fourth-order valence-corrected chi connectivity index (χ4v) is 5.32. The van der Waals surface area contributed by atoms with Gasteiger partial charge in [-0.25, -0.2) is 14.8 Å². The highest BCUT2D eigenvalue weighted by molar-refractivity contribution is 5.93. The number of fused-ring (bicyclic) bond motifs is 3. The number of aromatic nitrogens is 5. The number of H-pyrrole nitrogens is 1. The summed E-state index contributed by atoms with van der Waals surface area (Å²) in [6.07, 6.45) is -0.670. The number of imidazole rings is 1. The molecule has 1 aliphatic rings. The molecule has 0 radical (unpaired) electrons. The maximum Gasteiger partial charge on any atom is 0.439 e. The zero-order valence-corrected chi connectivity index (χ0v) is 21.3. The molecule has 5 aromatic rings. The van der Waals surface area contributed by atoms with Crippen LogP contribution in [0.15, 0.2) is 57.8 Å². The van der Waals surface area contributed by atoms with E-state index in [1.54, 1.807) is 17.6 Å². The molecule has 0 saturated carbocycles. The van der Waals surface area contributed by atoms with Gasteiger partial charge in [0.05, 0.1) is 12.1 Å². The van der Waals surface area contributed by atoms with Gasteiger partial charge in [0.1, 0.15) is 11.3 Å². The Hall–Kier alpha value is -4.47. The lowest BCUT2D eigenvalue weighted by Gasteiger charge is -2.14. The summed E-state index contributed by atoms with van der Waals surface area (Å²) in [4.78, 5) is 22.9. The van der Waals surface area contributed by atoms with Gasteiger partial charge < -0.3 is 4.57 Å². The highest BCUT2D eigenvalue weighted by Crippen LogP contribution is 2.37. The van der Waals surface area contributed by atoms with Crippen molar-refractivity contribution in [3.63, 3.8) is 0 Å². The normalized spacial score (nSPS) is 14.4. The summed E-state index contributed by atoms with van der Waals surface area (Å²) < 4.78 is 47.8. The van der Waals surface area contributed by atoms with Crippen LogP contribution < -0.4 is 5.76 Å². The summed E-state index contributed by atoms with van der Waals surface area (Å²) in [5, 5.41) is 3.82. The highest BCUT2D eigenvalue weighted by atomic mass is 19.4. The fraction of sp³-hybridized carbons (Fsp3) is 0.241. The minimum atomic E-state index is -4.52. The van der Waals surface area contributed by atoms with E-state index in [1.165, 1.54) is 5.56 Å². The number of alkyl halides is 3. The number of nitrogens with one attached hydrogen (secondary N) is 1. The Morgan fingerprint density at radius 1 is 1.05 bits per heavy atom. The van der Waals surface area contributed by atoms with Gasteiger partial charge in [-0.05, 0) is 65.3 Å². The highest BCUT2D eigenvalue weighted by Gasteiger charge is 2.35. The lowest BCUT2D eigenvalue weighted by atomic mass is 9.92. The molecular formula is C29H24F3N5O2. The first-order valence-electron chi connectivity index (χ1n) is 12.6. The fourth-order valence-electron chi connectivity index (χ4n) is 5.32. The van der Waals surface area contributed by atoms with E-state index >= 15 is 0 Å². The summed E-state index contributed by atoms with van der Waals surface area (Å²) in [5.74, 6) is 0.240. The number of nitrogens with zero attached hydrogens (tertiary/aromatic N) is 4. The van der Waals surface area contributed by atoms with Crippen molar-refractivity contribution < 1.29 is 17.7 Å². The van der Waals surface area contributed by atoms with Gasteiger partial charge in [0.2, 0.25) is 0 Å². The second-order valence-corrected chi connectivity index (χ2v) is 9.64. The molecule has 2 aromatic carbocycles. The summed E-state index contributed by atoms with van der Waals surface area (Å²) in [7, 11) is 0. The topological polar surface area (TPSA) is 89.6 Å². The van der Waals surface area contributed by atoms with Crippen LogP contribution >= 0.6 is 0 Å². The molecule has 0 spiro atoms. The zero-order chi connectivity index (χ0) is 27.3. The van der Waals surface area contributed by atoms with Crippen LogP contribution in [0.25, 0.3) is 22.8 Å². The Balaban J connectivity index is 1.46. The second kappa shape index (κ2) is 9.37. The van der Waals surface area contributed by atoms with Gasteiger partial charge in [-0.1, -0.05) is 54.5 Å². The van der Waals surface area contributed by atoms with E-state index in [1.807, 2.05) is 37.3 Å². The predicted octanol–water partition coefficient (Wildman–Crippen LogP) is 5.73. The molecule has 0 unspecified atom stereocenters. The van der Waals surface area contributed by atoms with E-state index in [2.05, 4.69) is 32.2 Å². The number of aromatic amines is 1. The summed E-state index contributed by atoms with van der Waals surface area (Å²) in [6.45, 7) is 3.77. The van der Waals surface area contributed by atoms with E-state index in [-0.39, 0.29) is 11.2 Å². The molecule has 7 nitrogen and oxygen atoms in total. The van der Waals surface area contributed by atoms with Gasteiger partial charge in [-0.2, -0.15) is 13.2 Å². The van der Waals surface area contributed by atoms with Crippen LogP contribution in [0.4, 0.5) is 13.2 Å². The zero-order valence-electron chi connectivity index (χ0n) is 21.3. The number of hydrogen-bond donors (Lipinski definition) is 1. The molecule has 0 aliphatic heterocycles. The number of hydrogen-bond acceptors (Lipinski definition) is 5. The Bertz CT molecular complexity index is 1810. The van der Waals surface area contributed by atoms with E-state index in [9.17, 15) is 18.0 Å². The Labute approximate surface area is 221 Å². The lowest BCUT2D eigenvalue weighted by molar-refractivity contribution is -0.136. The minimum absolute atomic E-state index is 0.123. The molecule has 0 amide bonds. The van der Waals surface area contributed by atoms with Gasteiger partial charge in [-0.3, -0.25) is 9.51 Å². The smallest absolute Gasteiger partial charge is 0.308 e. The van der Waals surface area contributed by atoms with Gasteiger partial charge in [-0.15, -0.1) is 0 Å². The van der Waals surface area contributed by atoms with Crippen LogP contribution in [0.3, 0.4) is 0 Å². The average Bonchev–Trinajstić information content (AvgIpc) is 3.43. The van der Waals surface area contributed by atoms with Crippen LogP contribution in [-0.2, 0) is 32.0 Å². The molecule has 1 aliphatic carbocycles. The van der Waals surface area contributed by atoms with Crippen molar-refractivity contribution >= 4 is 22.8 Å². The van der Waals surface area contributed by atoms with Crippen molar-refractivity contribution in [2.45, 2.75) is 45.8 Å². The predicted molar refractivity (Wildman–Crippen MR) is 140 cm³/mol. The Morgan fingerprint density at radius 3 is 2.56 bits per heavy atom. The third kappa shape index (κ3) is 4.56. The molecule has 10 heteroatoms. The molecule has 39 heavy (non-hydrogen) atoms. The van der Waals surface area contributed by atoms with E-state index in [0.717, 1.165) is 46.7 Å². The van der Waals surface area contributed by atoms with Crippen molar-refractivity contribution in [3.8, 4) is 0 Å². The molecule has 3 heterocycles. The molecule has 0 fully saturated rings. The summed E-state index contributed by atoms with van der Waals surface area (Å²) in [6, 6.07) is 15.2. The summed E-state index contributed by atoms with van der Waals surface area (Å²) in [5.41, 5.74) is 5.76. The lowest BCUT2D eigenvalue weighted by Crippen LogP contribution is -2.09.